The van der Waals surface area contributed by atoms with E-state index in [1.54, 1.807) is 0 Å². The molecule has 0 saturated carbocycles. The Morgan fingerprint density at radius 1 is 1.40 bits per heavy atom. The van der Waals surface area contributed by atoms with Gasteiger partial charge in [-0.25, -0.2) is 0 Å². The summed E-state index contributed by atoms with van der Waals surface area (Å²) < 4.78 is 35.0. The van der Waals surface area contributed by atoms with Crippen molar-refractivity contribution in [3.8, 4) is 0 Å². The van der Waals surface area contributed by atoms with Crippen LogP contribution < -0.4 is 0 Å². The standard InChI is InChI=1S/C6H6F3N/c1-2-5(3-4-10)6(7,8)9/h2-4,10H,1H2/b5-3+,10-4?. The molecule has 0 fully saturated rings. The summed E-state index contributed by atoms with van der Waals surface area (Å²) in [6.07, 6.45) is -2.50. The topological polar surface area (TPSA) is 23.9 Å². The van der Waals surface area contributed by atoms with Gasteiger partial charge in [0.2, 0.25) is 0 Å². The van der Waals surface area contributed by atoms with Gasteiger partial charge in [0, 0.05) is 6.21 Å². The lowest BCUT2D eigenvalue weighted by molar-refractivity contribution is -0.0880. The lowest BCUT2D eigenvalue weighted by Crippen LogP contribution is -2.09. The van der Waals surface area contributed by atoms with Crippen LogP contribution in [0.2, 0.25) is 0 Å². The molecule has 0 aliphatic rings. The second kappa shape index (κ2) is 3.20. The van der Waals surface area contributed by atoms with Gasteiger partial charge >= 0.3 is 6.18 Å². The number of halogens is 3. The first kappa shape index (κ1) is 8.94. The Hall–Kier alpha value is -1.06. The molecule has 0 unspecified atom stereocenters. The van der Waals surface area contributed by atoms with E-state index >= 15 is 0 Å². The summed E-state index contributed by atoms with van der Waals surface area (Å²) in [4.78, 5) is 0. The molecule has 0 aromatic heterocycles. The van der Waals surface area contributed by atoms with Gasteiger partial charge in [-0.1, -0.05) is 12.7 Å². The van der Waals surface area contributed by atoms with Crippen molar-refractivity contribution >= 4 is 6.21 Å². The lowest BCUT2D eigenvalue weighted by Gasteiger charge is -2.04. The molecule has 4 heteroatoms. The fourth-order valence-corrected chi connectivity index (χ4v) is 0.368. The first-order valence-corrected chi connectivity index (χ1v) is 2.42. The minimum Gasteiger partial charge on any atom is -0.309 e. The highest BCUT2D eigenvalue weighted by Gasteiger charge is 2.30. The number of allylic oxidation sites excluding steroid dienone is 3. The van der Waals surface area contributed by atoms with E-state index in [1.165, 1.54) is 0 Å². The van der Waals surface area contributed by atoms with E-state index in [0.29, 0.717) is 18.4 Å². The Morgan fingerprint density at radius 3 is 2.00 bits per heavy atom. The van der Waals surface area contributed by atoms with Crippen LogP contribution in [0.1, 0.15) is 0 Å². The summed E-state index contributed by atoms with van der Waals surface area (Å²) in [5.74, 6) is 0. The second-order valence-corrected chi connectivity index (χ2v) is 1.49. The van der Waals surface area contributed by atoms with Crippen molar-refractivity contribution in [2.45, 2.75) is 6.18 Å². The quantitative estimate of drug-likeness (QED) is 0.460. The van der Waals surface area contributed by atoms with E-state index in [-0.39, 0.29) is 0 Å². The van der Waals surface area contributed by atoms with Gasteiger partial charge in [0.05, 0.1) is 5.57 Å². The van der Waals surface area contributed by atoms with Crippen molar-refractivity contribution in [1.82, 2.24) is 0 Å². The first-order valence-electron chi connectivity index (χ1n) is 2.42. The van der Waals surface area contributed by atoms with Gasteiger partial charge in [-0.2, -0.15) is 13.2 Å². The Kier molecular flexibility index (Phi) is 2.86. The maximum atomic E-state index is 11.7. The van der Waals surface area contributed by atoms with Crippen LogP contribution in [0.15, 0.2) is 24.3 Å². The van der Waals surface area contributed by atoms with Crippen LogP contribution in [-0.2, 0) is 0 Å². The van der Waals surface area contributed by atoms with Crippen LogP contribution in [0.5, 0.6) is 0 Å². The Bertz CT molecular complexity index is 166. The summed E-state index contributed by atoms with van der Waals surface area (Å²) in [6, 6.07) is 0. The van der Waals surface area contributed by atoms with Gasteiger partial charge in [-0.05, 0) is 6.08 Å². The molecule has 0 saturated heterocycles. The van der Waals surface area contributed by atoms with Crippen molar-refractivity contribution in [3.63, 3.8) is 0 Å². The largest absolute Gasteiger partial charge is 0.416 e. The van der Waals surface area contributed by atoms with Gasteiger partial charge in [0.1, 0.15) is 0 Å². The third kappa shape index (κ3) is 2.48. The maximum absolute atomic E-state index is 11.7. The van der Waals surface area contributed by atoms with Crippen molar-refractivity contribution < 1.29 is 13.2 Å². The first-order chi connectivity index (χ1) is 4.52. The molecule has 0 bridgehead atoms. The number of alkyl halides is 3. The van der Waals surface area contributed by atoms with E-state index in [2.05, 4.69) is 6.58 Å². The smallest absolute Gasteiger partial charge is 0.309 e. The van der Waals surface area contributed by atoms with E-state index in [1.807, 2.05) is 0 Å². The Labute approximate surface area is 56.4 Å². The average Bonchev–Trinajstić information content (AvgIpc) is 1.80. The molecule has 0 aliphatic carbocycles. The summed E-state index contributed by atoms with van der Waals surface area (Å²) in [6.45, 7) is 2.95. The predicted octanol–water partition coefficient (Wildman–Crippen LogP) is 2.31. The predicted molar refractivity (Wildman–Crippen MR) is 33.1 cm³/mol. The Balaban J connectivity index is 4.51. The molecule has 0 aromatic carbocycles. The van der Waals surface area contributed by atoms with Crippen molar-refractivity contribution in [1.29, 1.82) is 5.41 Å². The van der Waals surface area contributed by atoms with Gasteiger partial charge < -0.3 is 5.41 Å². The molecular formula is C6H6F3N. The maximum Gasteiger partial charge on any atom is 0.416 e. The molecule has 0 atom stereocenters. The van der Waals surface area contributed by atoms with E-state index in [9.17, 15) is 13.2 Å². The number of nitrogens with one attached hydrogen (secondary N) is 1. The van der Waals surface area contributed by atoms with E-state index < -0.39 is 11.7 Å². The summed E-state index contributed by atoms with van der Waals surface area (Å²) >= 11 is 0. The average molecular weight is 149 g/mol. The third-order valence-electron chi connectivity index (χ3n) is 0.810. The molecule has 0 heterocycles. The van der Waals surface area contributed by atoms with Crippen molar-refractivity contribution in [3.05, 3.63) is 24.3 Å². The summed E-state index contributed by atoms with van der Waals surface area (Å²) in [5, 5.41) is 6.37. The zero-order valence-electron chi connectivity index (χ0n) is 5.07. The molecule has 0 aliphatic heterocycles. The van der Waals surface area contributed by atoms with Crippen LogP contribution in [0, 0.1) is 5.41 Å². The fraction of sp³-hybridized carbons (Fsp3) is 0.167. The minimum atomic E-state index is -4.39. The van der Waals surface area contributed by atoms with Crippen molar-refractivity contribution in [2.24, 2.45) is 0 Å². The molecule has 56 valence electrons. The molecular weight excluding hydrogens is 143 g/mol. The summed E-state index contributed by atoms with van der Waals surface area (Å²) in [7, 11) is 0. The van der Waals surface area contributed by atoms with Gasteiger partial charge in [-0.15, -0.1) is 0 Å². The fourth-order valence-electron chi connectivity index (χ4n) is 0.368. The van der Waals surface area contributed by atoms with Crippen LogP contribution in [0.4, 0.5) is 13.2 Å². The third-order valence-corrected chi connectivity index (χ3v) is 0.810. The van der Waals surface area contributed by atoms with Gasteiger partial charge in [0.15, 0.2) is 0 Å². The number of hydrogen-bond acceptors (Lipinski definition) is 1. The van der Waals surface area contributed by atoms with E-state index in [4.69, 9.17) is 5.41 Å². The van der Waals surface area contributed by atoms with Crippen LogP contribution in [0.25, 0.3) is 0 Å². The monoisotopic (exact) mass is 149 g/mol. The lowest BCUT2D eigenvalue weighted by atomic mass is 10.2. The highest BCUT2D eigenvalue weighted by molar-refractivity contribution is 5.70. The second-order valence-electron chi connectivity index (χ2n) is 1.49. The molecule has 1 N–H and O–H groups in total. The van der Waals surface area contributed by atoms with Crippen LogP contribution in [0.3, 0.4) is 0 Å². The number of rotatable bonds is 2. The van der Waals surface area contributed by atoms with Crippen molar-refractivity contribution in [2.75, 3.05) is 0 Å². The SMILES string of the molecule is C=C/C(=C\C=N)C(F)(F)F. The highest BCUT2D eigenvalue weighted by atomic mass is 19.4. The molecule has 0 rings (SSSR count). The van der Waals surface area contributed by atoms with Gasteiger partial charge in [-0.3, -0.25) is 0 Å². The molecule has 10 heavy (non-hydrogen) atoms. The Morgan fingerprint density at radius 2 is 1.90 bits per heavy atom. The molecule has 0 radical (unpaired) electrons. The minimum absolute atomic E-state index is 0.574. The molecule has 0 aromatic rings. The van der Waals surface area contributed by atoms with E-state index in [0.717, 1.165) is 0 Å². The zero-order chi connectivity index (χ0) is 8.20. The molecule has 0 amide bonds. The van der Waals surface area contributed by atoms with Crippen LogP contribution >= 0.6 is 0 Å². The van der Waals surface area contributed by atoms with Crippen LogP contribution in [-0.4, -0.2) is 12.4 Å². The zero-order valence-corrected chi connectivity index (χ0v) is 5.07. The molecule has 1 nitrogen and oxygen atoms in total. The molecule has 0 spiro atoms. The normalized spacial score (nSPS) is 12.9. The highest BCUT2D eigenvalue weighted by Crippen LogP contribution is 2.25. The number of hydrogen-bond donors (Lipinski definition) is 1. The summed E-state index contributed by atoms with van der Waals surface area (Å²) in [5.41, 5.74) is -0.900. The van der Waals surface area contributed by atoms with Gasteiger partial charge in [0.25, 0.3) is 0 Å².